The fourth-order valence-electron chi connectivity index (χ4n) is 12.9. The molecule has 0 saturated carbocycles. The van der Waals surface area contributed by atoms with Crippen LogP contribution in [0, 0.1) is 29.6 Å². The number of carboxylic acid groups (broad SMARTS) is 5. The van der Waals surface area contributed by atoms with Crippen molar-refractivity contribution in [3.05, 3.63) is 81.3 Å². The second-order valence-corrected chi connectivity index (χ2v) is 33.1. The number of ketones is 2. The molecular formula is C79H115N11O24S3. The quantitative estimate of drug-likeness (QED) is 0.0125. The second-order valence-electron chi connectivity index (χ2n) is 29.6. The summed E-state index contributed by atoms with van der Waals surface area (Å²) < 4.78 is 11.0. The van der Waals surface area contributed by atoms with E-state index in [0.29, 0.717) is 48.2 Å². The topological polar surface area (TPSA) is 529 Å². The number of likely N-dealkylation sites (tertiary alicyclic amines) is 1. The predicted molar refractivity (Wildman–Crippen MR) is 433 cm³/mol. The molecule has 9 amide bonds. The van der Waals surface area contributed by atoms with Crippen LogP contribution in [-0.4, -0.2) is 235 Å². The summed E-state index contributed by atoms with van der Waals surface area (Å²) in [5, 5.41) is 79.9. The van der Waals surface area contributed by atoms with E-state index in [-0.39, 0.29) is 143 Å². The van der Waals surface area contributed by atoms with Crippen LogP contribution in [0.15, 0.2) is 53.9 Å². The van der Waals surface area contributed by atoms with E-state index in [0.717, 1.165) is 53.0 Å². The number of benzene rings is 2. The number of hydrogen-bond acceptors (Lipinski definition) is 24. The van der Waals surface area contributed by atoms with Gasteiger partial charge in [-0.1, -0.05) is 119 Å². The Kier molecular flexibility index (Phi) is 44.8. The molecule has 0 radical (unpaired) electrons. The van der Waals surface area contributed by atoms with Crippen LogP contribution in [0.25, 0.3) is 0 Å². The molecule has 38 heteroatoms. The Labute approximate surface area is 692 Å². The summed E-state index contributed by atoms with van der Waals surface area (Å²) in [5.41, 5.74) is 1.82. The molecule has 117 heavy (non-hydrogen) atoms. The van der Waals surface area contributed by atoms with E-state index in [4.69, 9.17) is 19.6 Å². The molecule has 2 heterocycles. The van der Waals surface area contributed by atoms with Crippen molar-refractivity contribution in [2.75, 3.05) is 58.1 Å². The van der Waals surface area contributed by atoms with Crippen LogP contribution in [0.3, 0.4) is 0 Å². The number of unbranched alkanes of at least 4 members (excludes halogenated alkanes) is 1. The normalized spacial score (nSPS) is 15.3. The lowest BCUT2D eigenvalue weighted by Crippen LogP contribution is -2.50. The number of rotatable bonds is 56. The zero-order valence-electron chi connectivity index (χ0n) is 67.5. The molecule has 2 unspecified atom stereocenters. The maximum atomic E-state index is 15.0. The number of Topliss-reactive ketones (excluding diaryl/α,β-unsaturated/α-hetero) is 2. The third-order valence-corrected chi connectivity index (χ3v) is 23.2. The van der Waals surface area contributed by atoms with Gasteiger partial charge in [0, 0.05) is 92.0 Å². The van der Waals surface area contributed by atoms with E-state index in [1.54, 1.807) is 41.5 Å². The van der Waals surface area contributed by atoms with Gasteiger partial charge in [0.15, 0.2) is 18.3 Å². The van der Waals surface area contributed by atoms with Crippen LogP contribution in [-0.2, 0) is 91.2 Å². The number of nitrogens with one attached hydrogen (secondary N) is 8. The lowest BCUT2D eigenvalue weighted by atomic mass is 9.82. The minimum absolute atomic E-state index is 0.0158. The molecule has 1 aromatic heterocycles. The fourth-order valence-corrected chi connectivity index (χ4v) is 15.7. The van der Waals surface area contributed by atoms with E-state index >= 15 is 0 Å². The summed E-state index contributed by atoms with van der Waals surface area (Å²) >= 11 is 1.26. The number of urea groups is 2. The zero-order chi connectivity index (χ0) is 86.8. The van der Waals surface area contributed by atoms with Crippen LogP contribution < -0.4 is 42.5 Å². The Morgan fingerprint density at radius 3 is 1.94 bits per heavy atom. The highest BCUT2D eigenvalue weighted by molar-refractivity contribution is 8.76. The maximum absolute atomic E-state index is 15.0. The van der Waals surface area contributed by atoms with E-state index in [1.165, 1.54) is 35.6 Å². The third-order valence-electron chi connectivity index (χ3n) is 19.7. The number of esters is 2. The summed E-state index contributed by atoms with van der Waals surface area (Å²) in [4.78, 5) is 214. The molecule has 11 atom stereocenters. The van der Waals surface area contributed by atoms with Gasteiger partial charge in [-0.2, -0.15) is 0 Å². The van der Waals surface area contributed by atoms with E-state index in [9.17, 15) is 102 Å². The molecule has 1 aliphatic heterocycles. The summed E-state index contributed by atoms with van der Waals surface area (Å²) in [6.45, 7) is 13.3. The number of thiazole rings is 1. The number of phenols is 1. The molecule has 0 aliphatic carbocycles. The number of carboxylic acids is 5. The van der Waals surface area contributed by atoms with Gasteiger partial charge in [0.1, 0.15) is 36.7 Å². The maximum Gasteiger partial charge on any atom is 0.327 e. The first-order valence-electron chi connectivity index (χ1n) is 39.3. The van der Waals surface area contributed by atoms with Crippen molar-refractivity contribution in [3.8, 4) is 5.75 Å². The molecule has 1 aliphatic rings. The SMILES string of the molecule is CCCC(=O)OCN(C(=O)[C@@H](CC(=O)[C@H]1CCCCN1C)C(C)CC)[C@H](C[C@@H](C)c1nc(C(=O)N[C@@H](Cc2ccc(O)cc2)C[C@H](C)C(=O)NCC(=O)OCCSSC[C@H](NC(=O)[C@H](CC(=O)O)CC(=O)[C@H](CC(=O)O)NC(=O)Cc2ccc(CNC(=O)NCCCCC(NC(=O)NCCCC(=O)O)C(=O)O)cc2)C(=O)O)cs1)C(C)C. The summed E-state index contributed by atoms with van der Waals surface area (Å²) in [6.07, 6.45) is 2.25. The highest BCUT2D eigenvalue weighted by Gasteiger charge is 2.40. The summed E-state index contributed by atoms with van der Waals surface area (Å²) in [7, 11) is 3.92. The number of aliphatic carboxylic acids is 5. The van der Waals surface area contributed by atoms with E-state index in [2.05, 4.69) is 47.4 Å². The zero-order valence-corrected chi connectivity index (χ0v) is 70.0. The van der Waals surface area contributed by atoms with Gasteiger partial charge in [0.25, 0.3) is 5.91 Å². The molecule has 3 aromatic rings. The first-order valence-corrected chi connectivity index (χ1v) is 42.6. The number of aromatic hydroxyl groups is 1. The lowest BCUT2D eigenvalue weighted by Gasteiger charge is -2.39. The molecule has 4 rings (SSSR count). The monoisotopic (exact) mass is 1700 g/mol. The molecule has 648 valence electrons. The largest absolute Gasteiger partial charge is 0.508 e. The number of amides is 9. The minimum atomic E-state index is -1.74. The Morgan fingerprint density at radius 2 is 1.31 bits per heavy atom. The molecular weight excluding hydrogens is 1580 g/mol. The number of nitrogens with zero attached hydrogens (tertiary/aromatic N) is 3. The van der Waals surface area contributed by atoms with Gasteiger partial charge in [0.05, 0.1) is 42.3 Å². The lowest BCUT2D eigenvalue weighted by molar-refractivity contribution is -0.160. The van der Waals surface area contributed by atoms with E-state index in [1.807, 2.05) is 48.6 Å². The van der Waals surface area contributed by atoms with Gasteiger partial charge in [-0.3, -0.25) is 62.4 Å². The van der Waals surface area contributed by atoms with Crippen molar-refractivity contribution in [1.82, 2.24) is 57.3 Å². The van der Waals surface area contributed by atoms with Crippen LogP contribution in [0.5, 0.6) is 5.75 Å². The van der Waals surface area contributed by atoms with Crippen molar-refractivity contribution in [3.63, 3.8) is 0 Å². The van der Waals surface area contributed by atoms with Crippen LogP contribution in [0.1, 0.15) is 196 Å². The number of piperidine rings is 1. The fraction of sp³-hybridized carbons (Fsp3) is 0.608. The molecule has 1 fully saturated rings. The molecule has 0 spiro atoms. The summed E-state index contributed by atoms with van der Waals surface area (Å²) in [6, 6.07) is 5.21. The highest BCUT2D eigenvalue weighted by Crippen LogP contribution is 2.33. The molecule has 0 bridgehead atoms. The van der Waals surface area contributed by atoms with Gasteiger partial charge in [-0.25, -0.2) is 24.2 Å². The van der Waals surface area contributed by atoms with Crippen molar-refractivity contribution >= 4 is 128 Å². The van der Waals surface area contributed by atoms with Gasteiger partial charge in [-0.15, -0.1) is 11.3 Å². The standard InChI is InChI=1S/C79H115N11O24S3/c1-9-16-69(101)114-45-90(75(106)56(47(5)10-2)39-64(93)61-18-12-14-30-89(61)8)62(46(3)4)34-49(7)74-87-59(43-115-74)73(105)84-54(35-50-24-26-55(91)27-25-50)33-48(6)71(103)82-42-70(102)113-31-32-116-117-44-60(77(109)110)86-72(104)53(38-67(97)98)37-63(92)58(40-68(99)100)85-65(94)36-51-20-22-52(23-21-51)41-83-78(111)80-28-13-11-17-57(76(107)108)88-79(112)81-29-15-19-66(95)96/h20-27,43,46-49,53-54,56-58,60-62,91H,9-19,28-42,44-45H2,1-8H3,(H,82,103)(H,84,105)(H,85,94)(H,86,104)(H,95,96)(H,97,98)(H,99,100)(H,107,108)(H,109,110)(H2,80,83,111)(H2,81,88,112)/t47?,48-,49+,53-,54+,56-,57?,58-,60-,61+,62+/m0/s1. The van der Waals surface area contributed by atoms with Crippen LogP contribution in [0.4, 0.5) is 9.59 Å². The van der Waals surface area contributed by atoms with Gasteiger partial charge in [-0.05, 0) is 118 Å². The smallest absolute Gasteiger partial charge is 0.327 e. The summed E-state index contributed by atoms with van der Waals surface area (Å²) in [5.74, 6) is -16.5. The van der Waals surface area contributed by atoms with Crippen LogP contribution in [0.2, 0.25) is 0 Å². The predicted octanol–water partition coefficient (Wildman–Crippen LogP) is 6.42. The average Bonchev–Trinajstić information content (AvgIpc) is 1.77. The first kappa shape index (κ1) is 99.4. The number of phenolic OH excluding ortho intramolecular Hbond substituents is 1. The van der Waals surface area contributed by atoms with Gasteiger partial charge in [0.2, 0.25) is 23.6 Å². The Balaban J connectivity index is 1.26. The van der Waals surface area contributed by atoms with Crippen molar-refractivity contribution in [2.45, 2.75) is 219 Å². The van der Waals surface area contributed by atoms with Crippen LogP contribution >= 0.6 is 32.9 Å². The minimum Gasteiger partial charge on any atom is -0.508 e. The van der Waals surface area contributed by atoms with E-state index < -0.39 is 157 Å². The molecule has 1 saturated heterocycles. The van der Waals surface area contributed by atoms with Gasteiger partial charge >= 0.3 is 53.8 Å². The number of hydrogen-bond donors (Lipinski definition) is 14. The molecule has 35 nitrogen and oxygen atoms in total. The Bertz CT molecular complexity index is 3810. The number of ether oxygens (including phenoxy) is 2. The van der Waals surface area contributed by atoms with Crippen molar-refractivity contribution in [1.29, 1.82) is 0 Å². The number of carbonyl (C=O) groups excluding carboxylic acids is 11. The third kappa shape index (κ3) is 37.9. The van der Waals surface area contributed by atoms with Crippen molar-refractivity contribution < 1.29 is 117 Å². The Hall–Kier alpha value is -9.95. The van der Waals surface area contributed by atoms with Gasteiger partial charge < -0.3 is 87.5 Å². The number of likely N-dealkylation sites (N-methyl/N-ethyl adjacent to an activating group) is 1. The number of aromatic nitrogens is 1. The second kappa shape index (κ2) is 52.7. The molecule has 14 N–H and O–H groups in total. The highest BCUT2D eigenvalue weighted by atomic mass is 33.1. The number of carbonyl (C=O) groups is 16. The first-order chi connectivity index (χ1) is 55.5. The van der Waals surface area contributed by atoms with Crippen molar-refractivity contribution in [2.24, 2.45) is 29.6 Å². The Morgan fingerprint density at radius 1 is 0.650 bits per heavy atom. The average molecular weight is 1700 g/mol. The molecule has 2 aromatic carbocycles.